The number of carbonyl (C=O) groups excluding carboxylic acids is 4. The SMILES string of the molecule is CC[C@H](CC[C@@H](C)C1CCC2C3CC=C4CC(OC(=O)CCC(=O)N(CCCCCCCC(C)(C)NC(=O)OCc5ccc(OC)cc5)CCC(C)(C)NC(=O)OC(C)(C)C)CCC4(C)C3CCC21C)C(C)C. The molecule has 73 heavy (non-hydrogen) atoms. The van der Waals surface area contributed by atoms with Gasteiger partial charge >= 0.3 is 18.2 Å². The van der Waals surface area contributed by atoms with Crippen molar-refractivity contribution in [3.63, 3.8) is 0 Å². The first-order valence-corrected chi connectivity index (χ1v) is 29.0. The van der Waals surface area contributed by atoms with Crippen LogP contribution in [-0.4, -0.2) is 71.9 Å². The fraction of sp³-hybridized carbons (Fsp3) is 0.806. The molecule has 414 valence electrons. The molecule has 0 aliphatic heterocycles. The highest BCUT2D eigenvalue weighted by molar-refractivity contribution is 5.81. The molecule has 3 saturated carbocycles. The summed E-state index contributed by atoms with van der Waals surface area (Å²) in [6.45, 7) is 29.6. The van der Waals surface area contributed by atoms with Crippen LogP contribution in [-0.2, 0) is 30.4 Å². The van der Waals surface area contributed by atoms with Crippen molar-refractivity contribution in [2.75, 3.05) is 20.2 Å². The van der Waals surface area contributed by atoms with Gasteiger partial charge in [-0.05, 0) is 189 Å². The van der Waals surface area contributed by atoms with Crippen molar-refractivity contribution < 1.29 is 38.1 Å². The monoisotopic (exact) mass is 1020 g/mol. The minimum Gasteiger partial charge on any atom is -0.497 e. The lowest BCUT2D eigenvalue weighted by atomic mass is 9.47. The number of alkyl carbamates (subject to hydrolysis) is 2. The number of hydrogen-bond acceptors (Lipinski definition) is 8. The Kier molecular flexibility index (Phi) is 21.7. The average Bonchev–Trinajstić information content (AvgIpc) is 3.67. The van der Waals surface area contributed by atoms with Crippen LogP contribution in [0.2, 0.25) is 0 Å². The number of nitrogens with one attached hydrogen (secondary N) is 2. The Balaban J connectivity index is 1.08. The van der Waals surface area contributed by atoms with Crippen LogP contribution >= 0.6 is 0 Å². The van der Waals surface area contributed by atoms with Gasteiger partial charge in [0.1, 0.15) is 24.1 Å². The predicted molar refractivity (Wildman–Crippen MR) is 294 cm³/mol. The van der Waals surface area contributed by atoms with E-state index in [4.69, 9.17) is 18.9 Å². The van der Waals surface area contributed by atoms with Crippen LogP contribution in [0.5, 0.6) is 5.75 Å². The van der Waals surface area contributed by atoms with E-state index in [0.717, 1.165) is 111 Å². The second-order valence-corrected chi connectivity index (χ2v) is 26.4. The maximum absolute atomic E-state index is 14.0. The van der Waals surface area contributed by atoms with Gasteiger partial charge in [0.25, 0.3) is 0 Å². The topological polar surface area (TPSA) is 132 Å². The molecule has 4 aliphatic carbocycles. The standard InChI is InChI=1S/C62H103N3O8/c1-15-46(43(2)3)24-21-44(4)51-29-30-52-50-28-25-47-41-49(33-36-61(47,12)53(50)34-37-62(51,52)13)72-55(67)32-31-54(66)65(40-38-60(10,11)64-57(69)73-58(5,6)7)39-20-18-16-17-19-35-59(8,9)63-56(68)71-42-45-22-26-48(70-14)27-23-45/h22-23,25-27,43-44,46,49-53H,15-21,24,28-42H2,1-14H3,(H,63,68)(H,64,69)/t44-,46-,49?,50?,51?,52?,53?,61?,62?/m1/s1. The van der Waals surface area contributed by atoms with E-state index >= 15 is 0 Å². The minimum atomic E-state index is -0.622. The van der Waals surface area contributed by atoms with Gasteiger partial charge in [0.05, 0.1) is 13.5 Å². The highest BCUT2D eigenvalue weighted by atomic mass is 16.6. The molecule has 1 aromatic carbocycles. The lowest BCUT2D eigenvalue weighted by molar-refractivity contribution is -0.153. The molecule has 0 aromatic heterocycles. The van der Waals surface area contributed by atoms with Crippen molar-refractivity contribution in [2.45, 2.75) is 248 Å². The van der Waals surface area contributed by atoms with Gasteiger partial charge < -0.3 is 34.5 Å². The van der Waals surface area contributed by atoms with Gasteiger partial charge in [-0.15, -0.1) is 0 Å². The molecule has 0 heterocycles. The Morgan fingerprint density at radius 2 is 1.44 bits per heavy atom. The van der Waals surface area contributed by atoms with Crippen molar-refractivity contribution >= 4 is 24.1 Å². The molecule has 0 radical (unpaired) electrons. The first-order chi connectivity index (χ1) is 34.3. The summed E-state index contributed by atoms with van der Waals surface area (Å²) < 4.78 is 22.4. The fourth-order valence-corrected chi connectivity index (χ4v) is 14.1. The molecule has 5 rings (SSSR count). The summed E-state index contributed by atoms with van der Waals surface area (Å²) in [5.41, 5.74) is 1.36. The van der Waals surface area contributed by atoms with Gasteiger partial charge in [-0.2, -0.15) is 0 Å². The summed E-state index contributed by atoms with van der Waals surface area (Å²) in [5.74, 6) is 5.92. The van der Waals surface area contributed by atoms with Crippen molar-refractivity contribution in [1.82, 2.24) is 15.5 Å². The van der Waals surface area contributed by atoms with E-state index in [9.17, 15) is 19.2 Å². The van der Waals surface area contributed by atoms with Crippen LogP contribution in [0.3, 0.4) is 0 Å². The smallest absolute Gasteiger partial charge is 0.408 e. The molecule has 2 N–H and O–H groups in total. The normalized spacial score (nSPS) is 25.8. The van der Waals surface area contributed by atoms with E-state index in [-0.39, 0.29) is 42.8 Å². The van der Waals surface area contributed by atoms with Crippen molar-refractivity contribution in [1.29, 1.82) is 0 Å². The Morgan fingerprint density at radius 3 is 2.11 bits per heavy atom. The number of nitrogens with zero attached hydrogens (tertiary/aromatic N) is 1. The van der Waals surface area contributed by atoms with E-state index in [1.807, 2.05) is 77.6 Å². The summed E-state index contributed by atoms with van der Waals surface area (Å²) in [6.07, 6.45) is 21.1. The third kappa shape index (κ3) is 17.4. The lowest BCUT2D eigenvalue weighted by Gasteiger charge is -2.58. The second-order valence-electron chi connectivity index (χ2n) is 26.4. The molecule has 0 spiro atoms. The third-order valence-corrected chi connectivity index (χ3v) is 18.5. The number of rotatable bonds is 26. The average molecular weight is 1020 g/mol. The number of benzene rings is 1. The van der Waals surface area contributed by atoms with Gasteiger partial charge in [-0.25, -0.2) is 9.59 Å². The lowest BCUT2D eigenvalue weighted by Crippen LogP contribution is -2.51. The molecule has 11 heteroatoms. The molecule has 11 nitrogen and oxygen atoms in total. The Labute approximate surface area is 443 Å². The van der Waals surface area contributed by atoms with E-state index < -0.39 is 28.9 Å². The van der Waals surface area contributed by atoms with Crippen LogP contribution in [0.4, 0.5) is 9.59 Å². The molecule has 0 saturated heterocycles. The van der Waals surface area contributed by atoms with Gasteiger partial charge in [0.2, 0.25) is 5.91 Å². The van der Waals surface area contributed by atoms with Gasteiger partial charge in [0, 0.05) is 37.0 Å². The van der Waals surface area contributed by atoms with Crippen molar-refractivity contribution in [2.24, 2.45) is 52.3 Å². The molecule has 9 atom stereocenters. The van der Waals surface area contributed by atoms with Crippen LogP contribution in [0.25, 0.3) is 0 Å². The predicted octanol–water partition coefficient (Wildman–Crippen LogP) is 14.9. The summed E-state index contributed by atoms with van der Waals surface area (Å²) in [7, 11) is 1.62. The number of carbonyl (C=O) groups is 4. The number of unbranched alkanes of at least 4 members (excludes halogenated alkanes) is 4. The van der Waals surface area contributed by atoms with Crippen LogP contribution < -0.4 is 15.4 Å². The third-order valence-electron chi connectivity index (χ3n) is 18.5. The highest BCUT2D eigenvalue weighted by Gasteiger charge is 2.59. The molecule has 4 aliphatic rings. The molecule has 1 aromatic rings. The molecule has 7 unspecified atom stereocenters. The van der Waals surface area contributed by atoms with Gasteiger partial charge in [-0.3, -0.25) is 9.59 Å². The van der Waals surface area contributed by atoms with E-state index in [2.05, 4.69) is 58.3 Å². The quantitative estimate of drug-likeness (QED) is 0.0406. The largest absolute Gasteiger partial charge is 0.497 e. The van der Waals surface area contributed by atoms with Crippen molar-refractivity contribution in [3.05, 3.63) is 41.5 Å². The minimum absolute atomic E-state index is 0.0572. The molecule has 3 fully saturated rings. The van der Waals surface area contributed by atoms with Gasteiger partial charge in [0.15, 0.2) is 0 Å². The molecular formula is C62H103N3O8. The van der Waals surface area contributed by atoms with Crippen LogP contribution in [0.15, 0.2) is 35.9 Å². The van der Waals surface area contributed by atoms with Gasteiger partial charge in [-0.1, -0.05) is 104 Å². The molecule has 0 bridgehead atoms. The summed E-state index contributed by atoms with van der Waals surface area (Å²) in [5, 5.41) is 6.00. The first kappa shape index (κ1) is 60.1. The zero-order chi connectivity index (χ0) is 53.8. The summed E-state index contributed by atoms with van der Waals surface area (Å²) in [4.78, 5) is 54.6. The van der Waals surface area contributed by atoms with E-state index in [0.29, 0.717) is 30.8 Å². The zero-order valence-corrected chi connectivity index (χ0v) is 48.5. The van der Waals surface area contributed by atoms with E-state index in [1.165, 1.54) is 50.5 Å². The molecule has 3 amide bonds. The van der Waals surface area contributed by atoms with Crippen LogP contribution in [0, 0.1) is 52.3 Å². The maximum Gasteiger partial charge on any atom is 0.408 e. The zero-order valence-electron chi connectivity index (χ0n) is 48.5. The number of amides is 3. The van der Waals surface area contributed by atoms with Crippen LogP contribution in [0.1, 0.15) is 224 Å². The fourth-order valence-electron chi connectivity index (χ4n) is 14.1. The first-order valence-electron chi connectivity index (χ1n) is 29.0. The van der Waals surface area contributed by atoms with E-state index in [1.54, 1.807) is 7.11 Å². The number of hydrogen-bond donors (Lipinski definition) is 2. The number of methoxy groups -OCH3 is 1. The number of esters is 1. The summed E-state index contributed by atoms with van der Waals surface area (Å²) >= 11 is 0. The Morgan fingerprint density at radius 1 is 0.767 bits per heavy atom. The number of ether oxygens (including phenoxy) is 4. The number of allylic oxidation sites excluding steroid dienone is 1. The highest BCUT2D eigenvalue weighted by Crippen LogP contribution is 2.67. The molecular weight excluding hydrogens is 915 g/mol. The maximum atomic E-state index is 14.0. The van der Waals surface area contributed by atoms with Crippen molar-refractivity contribution in [3.8, 4) is 5.75 Å². The second kappa shape index (κ2) is 26.3. The number of fused-ring (bicyclic) bond motifs is 5. The summed E-state index contributed by atoms with van der Waals surface area (Å²) in [6, 6.07) is 7.45. The Bertz CT molecular complexity index is 1970. The Hall–Kier alpha value is -3.76.